The maximum absolute atomic E-state index is 5.76. The molecule has 0 aromatic carbocycles. The van der Waals surface area contributed by atoms with E-state index in [9.17, 15) is 0 Å². The Kier molecular flexibility index (Phi) is 2.89. The second-order valence-electron chi connectivity index (χ2n) is 5.05. The summed E-state index contributed by atoms with van der Waals surface area (Å²) in [6, 6.07) is 0. The lowest BCUT2D eigenvalue weighted by molar-refractivity contribution is 0.0336. The summed E-state index contributed by atoms with van der Waals surface area (Å²) < 4.78 is 5.76. The molecule has 2 heteroatoms. The highest BCUT2D eigenvalue weighted by Crippen LogP contribution is 2.31. The second kappa shape index (κ2) is 3.97. The molecule has 1 aliphatic heterocycles. The lowest BCUT2D eigenvalue weighted by atomic mass is 9.84. The van der Waals surface area contributed by atoms with Crippen molar-refractivity contribution in [3.05, 3.63) is 0 Å². The fraction of sp³-hybridized carbons (Fsp3) is 1.00. The number of hydrogen-bond donors (Lipinski definition) is 1. The van der Waals surface area contributed by atoms with Crippen molar-refractivity contribution >= 4 is 0 Å². The van der Waals surface area contributed by atoms with Gasteiger partial charge in [-0.3, -0.25) is 0 Å². The number of hydrogen-bond acceptors (Lipinski definition) is 2. The smallest absolute Gasteiger partial charge is 0.0532 e. The Hall–Kier alpha value is -0.0800. The molecule has 2 nitrogen and oxygen atoms in total. The van der Waals surface area contributed by atoms with Gasteiger partial charge < -0.3 is 10.1 Å². The van der Waals surface area contributed by atoms with Crippen LogP contribution < -0.4 is 5.32 Å². The van der Waals surface area contributed by atoms with Crippen LogP contribution in [-0.4, -0.2) is 26.3 Å². The first-order valence-corrected chi connectivity index (χ1v) is 5.57. The van der Waals surface area contributed by atoms with Crippen LogP contribution in [0.5, 0.6) is 0 Å². The molecule has 1 atom stereocenters. The van der Waals surface area contributed by atoms with E-state index < -0.39 is 0 Å². The molecule has 76 valence electrons. The summed E-state index contributed by atoms with van der Waals surface area (Å²) in [4.78, 5) is 0. The minimum absolute atomic E-state index is 0.410. The standard InChI is InChI=1S/C11H21NO/c1-11(5-2-6-12-8-11)9-13-7-10-3-4-10/h10,12H,2-9H2,1H3/t11-/m1/s1. The maximum Gasteiger partial charge on any atom is 0.0532 e. The van der Waals surface area contributed by atoms with Crippen molar-refractivity contribution in [2.45, 2.75) is 32.6 Å². The first-order valence-electron chi connectivity index (χ1n) is 5.57. The molecule has 1 saturated carbocycles. The van der Waals surface area contributed by atoms with Gasteiger partial charge in [-0.25, -0.2) is 0 Å². The zero-order chi connectivity index (χ0) is 9.15. The van der Waals surface area contributed by atoms with Crippen molar-refractivity contribution in [1.82, 2.24) is 5.32 Å². The Morgan fingerprint density at radius 2 is 2.31 bits per heavy atom. The van der Waals surface area contributed by atoms with Crippen molar-refractivity contribution in [2.75, 3.05) is 26.3 Å². The largest absolute Gasteiger partial charge is 0.381 e. The van der Waals surface area contributed by atoms with Gasteiger partial charge in [0.25, 0.3) is 0 Å². The molecule has 13 heavy (non-hydrogen) atoms. The van der Waals surface area contributed by atoms with E-state index in [0.29, 0.717) is 5.41 Å². The molecule has 1 aliphatic carbocycles. The van der Waals surface area contributed by atoms with Crippen LogP contribution in [0.2, 0.25) is 0 Å². The Morgan fingerprint density at radius 1 is 1.46 bits per heavy atom. The normalized spacial score (nSPS) is 34.8. The van der Waals surface area contributed by atoms with Gasteiger partial charge in [-0.2, -0.15) is 0 Å². The lowest BCUT2D eigenvalue weighted by Gasteiger charge is -2.33. The molecular weight excluding hydrogens is 162 g/mol. The molecule has 0 bridgehead atoms. The molecule has 0 radical (unpaired) electrons. The first kappa shape index (κ1) is 9.47. The molecule has 1 N–H and O–H groups in total. The molecule has 0 aromatic heterocycles. The topological polar surface area (TPSA) is 21.3 Å². The summed E-state index contributed by atoms with van der Waals surface area (Å²) in [5.41, 5.74) is 0.410. The molecule has 0 unspecified atom stereocenters. The minimum Gasteiger partial charge on any atom is -0.381 e. The molecule has 2 aliphatic rings. The van der Waals surface area contributed by atoms with Crippen LogP contribution in [0.4, 0.5) is 0 Å². The second-order valence-corrected chi connectivity index (χ2v) is 5.05. The quantitative estimate of drug-likeness (QED) is 0.717. The van der Waals surface area contributed by atoms with Crippen LogP contribution in [-0.2, 0) is 4.74 Å². The number of piperidine rings is 1. The fourth-order valence-electron chi connectivity index (χ4n) is 2.00. The SMILES string of the molecule is C[C@@]1(COCC2CC2)CCCNC1. The Bertz CT molecular complexity index is 159. The van der Waals surface area contributed by atoms with Gasteiger partial charge in [0.15, 0.2) is 0 Å². The van der Waals surface area contributed by atoms with E-state index in [4.69, 9.17) is 4.74 Å². The van der Waals surface area contributed by atoms with Gasteiger partial charge in [0.1, 0.15) is 0 Å². The van der Waals surface area contributed by atoms with Crippen molar-refractivity contribution in [3.63, 3.8) is 0 Å². The predicted molar refractivity (Wildman–Crippen MR) is 53.8 cm³/mol. The van der Waals surface area contributed by atoms with E-state index in [1.54, 1.807) is 0 Å². The van der Waals surface area contributed by atoms with Gasteiger partial charge in [-0.15, -0.1) is 0 Å². The fourth-order valence-corrected chi connectivity index (χ4v) is 2.00. The van der Waals surface area contributed by atoms with Crippen LogP contribution in [0.25, 0.3) is 0 Å². The highest BCUT2D eigenvalue weighted by atomic mass is 16.5. The van der Waals surface area contributed by atoms with E-state index in [-0.39, 0.29) is 0 Å². The molecule has 0 spiro atoms. The van der Waals surface area contributed by atoms with E-state index in [1.165, 1.54) is 32.2 Å². The van der Waals surface area contributed by atoms with Crippen molar-refractivity contribution in [3.8, 4) is 0 Å². The average molecular weight is 183 g/mol. The van der Waals surface area contributed by atoms with Gasteiger partial charge >= 0.3 is 0 Å². The molecule has 0 aromatic rings. The van der Waals surface area contributed by atoms with Crippen LogP contribution in [0.1, 0.15) is 32.6 Å². The highest BCUT2D eigenvalue weighted by Gasteiger charge is 2.28. The van der Waals surface area contributed by atoms with Crippen LogP contribution >= 0.6 is 0 Å². The minimum atomic E-state index is 0.410. The van der Waals surface area contributed by atoms with Crippen LogP contribution in [0, 0.1) is 11.3 Å². The molecule has 0 amide bonds. The van der Waals surface area contributed by atoms with Crippen molar-refractivity contribution in [1.29, 1.82) is 0 Å². The Morgan fingerprint density at radius 3 is 2.92 bits per heavy atom. The summed E-state index contributed by atoms with van der Waals surface area (Å²) in [5.74, 6) is 0.903. The van der Waals surface area contributed by atoms with Crippen molar-refractivity contribution in [2.24, 2.45) is 11.3 Å². The van der Waals surface area contributed by atoms with Gasteiger partial charge in [0.05, 0.1) is 6.61 Å². The van der Waals surface area contributed by atoms with E-state index in [2.05, 4.69) is 12.2 Å². The lowest BCUT2D eigenvalue weighted by Crippen LogP contribution is -2.41. The Labute approximate surface area is 81.0 Å². The molecule has 1 heterocycles. The molecule has 1 saturated heterocycles. The van der Waals surface area contributed by atoms with E-state index in [0.717, 1.165) is 25.7 Å². The van der Waals surface area contributed by atoms with Gasteiger partial charge in [-0.1, -0.05) is 6.92 Å². The van der Waals surface area contributed by atoms with Gasteiger partial charge in [0, 0.05) is 18.6 Å². The summed E-state index contributed by atoms with van der Waals surface area (Å²) in [6.07, 6.45) is 5.43. The third-order valence-corrected chi connectivity index (χ3v) is 3.19. The third kappa shape index (κ3) is 2.96. The number of nitrogens with one attached hydrogen (secondary N) is 1. The van der Waals surface area contributed by atoms with E-state index in [1.807, 2.05) is 0 Å². The maximum atomic E-state index is 5.76. The summed E-state index contributed by atoms with van der Waals surface area (Å²) in [5, 5.41) is 3.45. The van der Waals surface area contributed by atoms with Gasteiger partial charge in [0.2, 0.25) is 0 Å². The predicted octanol–water partition coefficient (Wildman–Crippen LogP) is 1.80. The summed E-state index contributed by atoms with van der Waals surface area (Å²) in [7, 11) is 0. The average Bonchev–Trinajstić information content (AvgIpc) is 2.89. The highest BCUT2D eigenvalue weighted by molar-refractivity contribution is 4.81. The summed E-state index contributed by atoms with van der Waals surface area (Å²) in [6.45, 7) is 6.63. The number of ether oxygens (including phenoxy) is 1. The number of rotatable bonds is 4. The monoisotopic (exact) mass is 183 g/mol. The van der Waals surface area contributed by atoms with E-state index >= 15 is 0 Å². The zero-order valence-electron chi connectivity index (χ0n) is 8.64. The zero-order valence-corrected chi connectivity index (χ0v) is 8.64. The summed E-state index contributed by atoms with van der Waals surface area (Å²) >= 11 is 0. The first-order chi connectivity index (χ1) is 6.29. The third-order valence-electron chi connectivity index (χ3n) is 3.19. The Balaban J connectivity index is 1.64. The van der Waals surface area contributed by atoms with Gasteiger partial charge in [-0.05, 0) is 38.1 Å². The van der Waals surface area contributed by atoms with Crippen LogP contribution in [0.3, 0.4) is 0 Å². The van der Waals surface area contributed by atoms with Crippen molar-refractivity contribution < 1.29 is 4.74 Å². The molecule has 2 rings (SSSR count). The molecular formula is C11H21NO. The van der Waals surface area contributed by atoms with Crippen LogP contribution in [0.15, 0.2) is 0 Å². The molecule has 2 fully saturated rings.